The number of rotatable bonds is 9. The molecule has 1 fully saturated rings. The highest BCUT2D eigenvalue weighted by atomic mass is 32.2. The molecule has 7 heteroatoms. The summed E-state index contributed by atoms with van der Waals surface area (Å²) in [5.41, 5.74) is 3.44. The van der Waals surface area contributed by atoms with E-state index in [1.54, 1.807) is 19.2 Å². The van der Waals surface area contributed by atoms with E-state index < -0.39 is 0 Å². The van der Waals surface area contributed by atoms with E-state index in [1.165, 1.54) is 11.8 Å². The fourth-order valence-electron chi connectivity index (χ4n) is 3.14. The summed E-state index contributed by atoms with van der Waals surface area (Å²) in [6, 6.07) is 15.2. The van der Waals surface area contributed by atoms with Gasteiger partial charge in [-0.25, -0.2) is 0 Å². The van der Waals surface area contributed by atoms with Crippen LogP contribution in [0, 0.1) is 6.92 Å². The molecule has 2 N–H and O–H groups in total. The van der Waals surface area contributed by atoms with Crippen LogP contribution in [0.4, 0.5) is 5.69 Å². The Hall–Kier alpha value is -2.80. The molecule has 0 bridgehead atoms. The third-order valence-corrected chi connectivity index (χ3v) is 5.78. The largest absolute Gasteiger partial charge is 0.355 e. The van der Waals surface area contributed by atoms with Crippen LogP contribution in [0.15, 0.2) is 48.5 Å². The van der Waals surface area contributed by atoms with E-state index in [2.05, 4.69) is 10.6 Å². The fraction of sp³-hybridized carbons (Fsp3) is 0.348. The van der Waals surface area contributed by atoms with E-state index in [1.807, 2.05) is 48.2 Å². The second kappa shape index (κ2) is 10.3. The summed E-state index contributed by atoms with van der Waals surface area (Å²) in [6.07, 6.45) is 2.03. The van der Waals surface area contributed by atoms with Crippen molar-refractivity contribution in [3.8, 4) is 0 Å². The van der Waals surface area contributed by atoms with Gasteiger partial charge in [0.25, 0.3) is 5.91 Å². The molecule has 0 radical (unpaired) electrons. The number of carbonyl (C=O) groups excluding carboxylic acids is 3. The van der Waals surface area contributed by atoms with E-state index in [9.17, 15) is 14.4 Å². The predicted octanol–water partition coefficient (Wildman–Crippen LogP) is 3.22. The van der Waals surface area contributed by atoms with Crippen LogP contribution in [0.25, 0.3) is 0 Å². The van der Waals surface area contributed by atoms with Crippen molar-refractivity contribution in [1.29, 1.82) is 0 Å². The summed E-state index contributed by atoms with van der Waals surface area (Å²) in [6.45, 7) is 2.50. The highest BCUT2D eigenvalue weighted by Crippen LogP contribution is 2.29. The standard InChI is InChI=1S/C23H27N3O3S/c1-16-4-3-5-19(12-16)25-21(27)14-30-15-22(28)26(20-10-11-20)13-17-6-8-18(9-7-17)23(29)24-2/h3-9,12,20H,10-11,13-15H2,1-2H3,(H,24,29)(H,25,27). The van der Waals surface area contributed by atoms with E-state index in [0.29, 0.717) is 12.1 Å². The molecule has 6 nitrogen and oxygen atoms in total. The molecule has 2 aromatic rings. The second-order valence-corrected chi connectivity index (χ2v) is 8.42. The number of hydrogen-bond donors (Lipinski definition) is 2. The maximum Gasteiger partial charge on any atom is 0.251 e. The number of nitrogens with one attached hydrogen (secondary N) is 2. The predicted molar refractivity (Wildman–Crippen MR) is 121 cm³/mol. The van der Waals surface area contributed by atoms with Crippen LogP contribution in [-0.4, -0.2) is 47.2 Å². The Morgan fingerprint density at radius 1 is 1.07 bits per heavy atom. The molecule has 3 amide bonds. The third-order valence-electron chi connectivity index (χ3n) is 4.86. The summed E-state index contributed by atoms with van der Waals surface area (Å²) in [7, 11) is 1.60. The molecule has 2 aromatic carbocycles. The number of aryl methyl sites for hydroxylation is 1. The first-order valence-corrected chi connectivity index (χ1v) is 11.2. The molecule has 1 saturated carbocycles. The van der Waals surface area contributed by atoms with E-state index in [-0.39, 0.29) is 35.3 Å². The Morgan fingerprint density at radius 2 is 1.80 bits per heavy atom. The normalized spacial score (nSPS) is 12.9. The van der Waals surface area contributed by atoms with Crippen LogP contribution in [-0.2, 0) is 16.1 Å². The van der Waals surface area contributed by atoms with Gasteiger partial charge in [-0.2, -0.15) is 0 Å². The van der Waals surface area contributed by atoms with Gasteiger partial charge >= 0.3 is 0 Å². The number of nitrogens with zero attached hydrogens (tertiary/aromatic N) is 1. The van der Waals surface area contributed by atoms with Gasteiger partial charge in [0.1, 0.15) is 0 Å². The van der Waals surface area contributed by atoms with Crippen molar-refractivity contribution in [2.45, 2.75) is 32.4 Å². The van der Waals surface area contributed by atoms with E-state index >= 15 is 0 Å². The van der Waals surface area contributed by atoms with Crippen LogP contribution in [0.2, 0.25) is 0 Å². The first kappa shape index (κ1) is 21.9. The molecule has 0 spiro atoms. The number of hydrogen-bond acceptors (Lipinski definition) is 4. The van der Waals surface area contributed by atoms with Gasteiger partial charge in [-0.1, -0.05) is 24.3 Å². The maximum atomic E-state index is 12.7. The smallest absolute Gasteiger partial charge is 0.251 e. The molecule has 0 aromatic heterocycles. The zero-order chi connectivity index (χ0) is 21.5. The summed E-state index contributed by atoms with van der Waals surface area (Å²) < 4.78 is 0. The Labute approximate surface area is 181 Å². The fourth-order valence-corrected chi connectivity index (χ4v) is 3.84. The molecule has 0 heterocycles. The minimum Gasteiger partial charge on any atom is -0.355 e. The zero-order valence-electron chi connectivity index (χ0n) is 17.3. The number of carbonyl (C=O) groups is 3. The van der Waals surface area contributed by atoms with Gasteiger partial charge < -0.3 is 15.5 Å². The molecule has 158 valence electrons. The quantitative estimate of drug-likeness (QED) is 0.647. The molecule has 0 unspecified atom stereocenters. The van der Waals surface area contributed by atoms with Crippen molar-refractivity contribution >= 4 is 35.2 Å². The molecular formula is C23H27N3O3S. The average molecular weight is 426 g/mol. The summed E-state index contributed by atoms with van der Waals surface area (Å²) in [4.78, 5) is 38.4. The summed E-state index contributed by atoms with van der Waals surface area (Å²) in [5.74, 6) is 0.312. The maximum absolute atomic E-state index is 12.7. The summed E-state index contributed by atoms with van der Waals surface area (Å²) in [5, 5.41) is 5.46. The van der Waals surface area contributed by atoms with Crippen molar-refractivity contribution in [3.63, 3.8) is 0 Å². The Bertz CT molecular complexity index is 910. The van der Waals surface area contributed by atoms with Gasteiger partial charge in [0.05, 0.1) is 11.5 Å². The zero-order valence-corrected chi connectivity index (χ0v) is 18.1. The molecule has 0 aliphatic heterocycles. The van der Waals surface area contributed by atoms with E-state index in [4.69, 9.17) is 0 Å². The number of anilines is 1. The van der Waals surface area contributed by atoms with Crippen molar-refractivity contribution in [2.75, 3.05) is 23.9 Å². The van der Waals surface area contributed by atoms with Crippen molar-refractivity contribution in [2.24, 2.45) is 0 Å². The van der Waals surface area contributed by atoms with Crippen molar-refractivity contribution in [1.82, 2.24) is 10.2 Å². The molecule has 0 saturated heterocycles. The Kier molecular flexibility index (Phi) is 7.52. The highest BCUT2D eigenvalue weighted by molar-refractivity contribution is 8.00. The number of amides is 3. The van der Waals surface area contributed by atoms with Crippen LogP contribution >= 0.6 is 11.8 Å². The minimum absolute atomic E-state index is 0.0428. The van der Waals surface area contributed by atoms with Crippen LogP contribution in [0.3, 0.4) is 0 Å². The number of thioether (sulfide) groups is 1. The van der Waals surface area contributed by atoms with Gasteiger partial charge in [-0.3, -0.25) is 14.4 Å². The molecule has 1 aliphatic rings. The first-order chi connectivity index (χ1) is 14.5. The Balaban J connectivity index is 1.48. The Morgan fingerprint density at radius 3 is 2.43 bits per heavy atom. The van der Waals surface area contributed by atoms with Gasteiger partial charge in [0.15, 0.2) is 0 Å². The third kappa shape index (κ3) is 6.35. The average Bonchev–Trinajstić information content (AvgIpc) is 3.57. The molecule has 1 aliphatic carbocycles. The lowest BCUT2D eigenvalue weighted by Crippen LogP contribution is -2.34. The lowest BCUT2D eigenvalue weighted by Gasteiger charge is -2.22. The van der Waals surface area contributed by atoms with E-state index in [0.717, 1.165) is 29.7 Å². The topological polar surface area (TPSA) is 78.5 Å². The first-order valence-electron chi connectivity index (χ1n) is 10.0. The minimum atomic E-state index is -0.128. The van der Waals surface area contributed by atoms with Crippen molar-refractivity contribution < 1.29 is 14.4 Å². The lowest BCUT2D eigenvalue weighted by molar-refractivity contribution is -0.129. The summed E-state index contributed by atoms with van der Waals surface area (Å²) >= 11 is 1.33. The van der Waals surface area contributed by atoms with Crippen LogP contribution in [0.1, 0.15) is 34.3 Å². The van der Waals surface area contributed by atoms with Crippen LogP contribution in [0.5, 0.6) is 0 Å². The molecule has 30 heavy (non-hydrogen) atoms. The van der Waals surface area contributed by atoms with Gasteiger partial charge in [-0.15, -0.1) is 11.8 Å². The highest BCUT2D eigenvalue weighted by Gasteiger charge is 2.32. The van der Waals surface area contributed by atoms with Gasteiger partial charge in [0.2, 0.25) is 11.8 Å². The monoisotopic (exact) mass is 425 g/mol. The van der Waals surface area contributed by atoms with Gasteiger partial charge in [-0.05, 0) is 55.2 Å². The second-order valence-electron chi connectivity index (χ2n) is 7.44. The molecular weight excluding hydrogens is 398 g/mol. The molecule has 0 atom stereocenters. The van der Waals surface area contributed by atoms with Gasteiger partial charge in [0, 0.05) is 30.9 Å². The number of benzene rings is 2. The SMILES string of the molecule is CNC(=O)c1ccc(CN(C(=O)CSCC(=O)Nc2cccc(C)c2)C2CC2)cc1. The van der Waals surface area contributed by atoms with Crippen molar-refractivity contribution in [3.05, 3.63) is 65.2 Å². The van der Waals surface area contributed by atoms with Crippen LogP contribution < -0.4 is 10.6 Å². The lowest BCUT2D eigenvalue weighted by atomic mass is 10.1. The molecule has 3 rings (SSSR count).